The Morgan fingerprint density at radius 3 is 2.16 bits per heavy atom. The molecule has 142 valence electrons. The number of carbonyl (C=O) groups is 2. The Balaban J connectivity index is 1.45. The summed E-state index contributed by atoms with van der Waals surface area (Å²) < 4.78 is 40.5. The number of nitrogens with zero attached hydrogens (tertiary/aromatic N) is 2. The van der Waals surface area contributed by atoms with E-state index < -0.39 is 18.6 Å². The van der Waals surface area contributed by atoms with Crippen LogP contribution in [-0.4, -0.2) is 70.7 Å². The van der Waals surface area contributed by atoms with Gasteiger partial charge in [0.2, 0.25) is 0 Å². The van der Waals surface area contributed by atoms with Gasteiger partial charge >= 0.3 is 18.5 Å². The molecular formula is C15H22F3N3O4. The van der Waals surface area contributed by atoms with Crippen LogP contribution in [0.1, 0.15) is 38.5 Å². The van der Waals surface area contributed by atoms with Crippen molar-refractivity contribution in [3.63, 3.8) is 0 Å². The highest BCUT2D eigenvalue weighted by Crippen LogP contribution is 2.36. The van der Waals surface area contributed by atoms with Crippen LogP contribution in [0.5, 0.6) is 0 Å². The summed E-state index contributed by atoms with van der Waals surface area (Å²) in [5, 5.41) is 11.2. The lowest BCUT2D eigenvalue weighted by Gasteiger charge is -2.41. The summed E-state index contributed by atoms with van der Waals surface area (Å²) >= 11 is 0. The van der Waals surface area contributed by atoms with Crippen LogP contribution >= 0.6 is 0 Å². The lowest BCUT2D eigenvalue weighted by Crippen LogP contribution is -2.52. The van der Waals surface area contributed by atoms with Crippen LogP contribution in [0, 0.1) is 0 Å². The van der Waals surface area contributed by atoms with E-state index >= 15 is 0 Å². The molecule has 0 aromatic rings. The number of urea groups is 1. The number of halogens is 3. The van der Waals surface area contributed by atoms with Gasteiger partial charge in [0.25, 0.3) is 0 Å². The Hall–Kier alpha value is -1.71. The van der Waals surface area contributed by atoms with E-state index in [1.807, 2.05) is 0 Å². The summed E-state index contributed by atoms with van der Waals surface area (Å²) in [5.74, 6) is 0. The van der Waals surface area contributed by atoms with Crippen LogP contribution < -0.4 is 5.32 Å². The third-order valence-electron chi connectivity index (χ3n) is 5.35. The Labute approximate surface area is 143 Å². The second kappa shape index (κ2) is 6.89. The van der Waals surface area contributed by atoms with Crippen LogP contribution in [0.2, 0.25) is 0 Å². The fraction of sp³-hybridized carbons (Fsp3) is 0.867. The molecule has 1 saturated heterocycles. The van der Waals surface area contributed by atoms with Gasteiger partial charge in [-0.05, 0) is 38.5 Å². The SMILES string of the molecule is O=C(O)NC1CCC(N2CCN(C3CC(OC(F)(F)F)C3)C2=O)CC1. The number of hydrogen-bond donors (Lipinski definition) is 2. The molecule has 0 aromatic heterocycles. The van der Waals surface area contributed by atoms with Crippen molar-refractivity contribution < 1.29 is 32.6 Å². The van der Waals surface area contributed by atoms with Gasteiger partial charge in [-0.1, -0.05) is 0 Å². The van der Waals surface area contributed by atoms with Crippen LogP contribution in [0.3, 0.4) is 0 Å². The Bertz CT molecular complexity index is 517. The molecule has 25 heavy (non-hydrogen) atoms. The van der Waals surface area contributed by atoms with Gasteiger partial charge in [-0.15, -0.1) is 13.2 Å². The smallest absolute Gasteiger partial charge is 0.465 e. The Morgan fingerprint density at radius 2 is 1.64 bits per heavy atom. The van der Waals surface area contributed by atoms with Crippen LogP contribution in [0.4, 0.5) is 22.8 Å². The van der Waals surface area contributed by atoms with Crippen molar-refractivity contribution >= 4 is 12.1 Å². The highest BCUT2D eigenvalue weighted by Gasteiger charge is 2.46. The van der Waals surface area contributed by atoms with Crippen molar-refractivity contribution in [3.8, 4) is 0 Å². The molecule has 3 rings (SSSR count). The Kier molecular flexibility index (Phi) is 4.99. The molecule has 0 atom stereocenters. The van der Waals surface area contributed by atoms with Gasteiger partial charge in [0.1, 0.15) is 0 Å². The largest absolute Gasteiger partial charge is 0.522 e. The van der Waals surface area contributed by atoms with Crippen LogP contribution in [-0.2, 0) is 4.74 Å². The van der Waals surface area contributed by atoms with Crippen molar-refractivity contribution in [1.82, 2.24) is 15.1 Å². The molecule has 0 aromatic carbocycles. The fourth-order valence-electron chi connectivity index (χ4n) is 4.03. The summed E-state index contributed by atoms with van der Waals surface area (Å²) in [6, 6.07) is -0.305. The standard InChI is InChI=1S/C15H22F3N3O4/c16-15(17,18)25-12-7-11(8-12)21-6-5-20(14(21)24)10-3-1-9(2-4-10)19-13(22)23/h9-12,19H,1-8H2,(H,22,23). The minimum Gasteiger partial charge on any atom is -0.465 e. The first-order valence-electron chi connectivity index (χ1n) is 8.54. The predicted octanol–water partition coefficient (Wildman–Crippen LogP) is 2.37. The number of carboxylic acid groups (broad SMARTS) is 1. The van der Waals surface area contributed by atoms with E-state index in [1.54, 1.807) is 9.80 Å². The average molecular weight is 365 g/mol. The van der Waals surface area contributed by atoms with E-state index in [1.165, 1.54) is 0 Å². The molecular weight excluding hydrogens is 343 g/mol. The second-order valence-electron chi connectivity index (χ2n) is 6.94. The van der Waals surface area contributed by atoms with Crippen LogP contribution in [0.15, 0.2) is 0 Å². The molecule has 0 spiro atoms. The molecule has 10 heteroatoms. The zero-order valence-corrected chi connectivity index (χ0v) is 13.7. The minimum atomic E-state index is -4.63. The third-order valence-corrected chi connectivity index (χ3v) is 5.35. The van der Waals surface area contributed by atoms with E-state index in [2.05, 4.69) is 10.1 Å². The molecule has 3 aliphatic rings. The number of alkyl halides is 3. The molecule has 3 fully saturated rings. The summed E-state index contributed by atoms with van der Waals surface area (Å²) in [6.45, 7) is 1.09. The summed E-state index contributed by atoms with van der Waals surface area (Å²) in [5.41, 5.74) is 0. The topological polar surface area (TPSA) is 82.1 Å². The van der Waals surface area contributed by atoms with E-state index in [4.69, 9.17) is 5.11 Å². The number of ether oxygens (including phenoxy) is 1. The molecule has 1 heterocycles. The molecule has 0 bridgehead atoms. The predicted molar refractivity (Wildman–Crippen MR) is 80.0 cm³/mol. The molecule has 2 N–H and O–H groups in total. The first-order valence-corrected chi connectivity index (χ1v) is 8.54. The van der Waals surface area contributed by atoms with E-state index in [-0.39, 0.29) is 37.0 Å². The molecule has 0 radical (unpaired) electrons. The monoisotopic (exact) mass is 365 g/mol. The zero-order valence-electron chi connectivity index (χ0n) is 13.7. The zero-order chi connectivity index (χ0) is 18.2. The van der Waals surface area contributed by atoms with E-state index in [0.717, 1.165) is 12.8 Å². The van der Waals surface area contributed by atoms with Crippen molar-refractivity contribution in [3.05, 3.63) is 0 Å². The molecule has 1 aliphatic heterocycles. The van der Waals surface area contributed by atoms with Gasteiger partial charge in [0.15, 0.2) is 0 Å². The number of amides is 3. The first kappa shape index (κ1) is 18.1. The van der Waals surface area contributed by atoms with Crippen molar-refractivity contribution in [1.29, 1.82) is 0 Å². The maximum atomic E-state index is 12.6. The number of hydrogen-bond acceptors (Lipinski definition) is 3. The van der Waals surface area contributed by atoms with Gasteiger partial charge in [-0.25, -0.2) is 9.59 Å². The van der Waals surface area contributed by atoms with Gasteiger partial charge in [0.05, 0.1) is 6.10 Å². The number of rotatable bonds is 4. The molecule has 7 nitrogen and oxygen atoms in total. The van der Waals surface area contributed by atoms with E-state index in [0.29, 0.717) is 25.9 Å². The second-order valence-corrected chi connectivity index (χ2v) is 6.94. The molecule has 2 saturated carbocycles. The van der Waals surface area contributed by atoms with Crippen molar-refractivity contribution in [2.45, 2.75) is 69.1 Å². The quantitative estimate of drug-likeness (QED) is 0.801. The number of nitrogens with one attached hydrogen (secondary N) is 1. The van der Waals surface area contributed by atoms with Gasteiger partial charge in [-0.3, -0.25) is 4.74 Å². The Morgan fingerprint density at radius 1 is 1.08 bits per heavy atom. The van der Waals surface area contributed by atoms with Crippen LogP contribution in [0.25, 0.3) is 0 Å². The van der Waals surface area contributed by atoms with Gasteiger partial charge in [-0.2, -0.15) is 0 Å². The van der Waals surface area contributed by atoms with Gasteiger partial charge in [0, 0.05) is 31.2 Å². The van der Waals surface area contributed by atoms with Crippen molar-refractivity contribution in [2.24, 2.45) is 0 Å². The summed E-state index contributed by atoms with van der Waals surface area (Å²) in [7, 11) is 0. The lowest BCUT2D eigenvalue weighted by molar-refractivity contribution is -0.353. The first-order chi connectivity index (χ1) is 11.7. The average Bonchev–Trinajstić information content (AvgIpc) is 2.83. The summed E-state index contributed by atoms with van der Waals surface area (Å²) in [4.78, 5) is 26.7. The highest BCUT2D eigenvalue weighted by atomic mass is 19.4. The maximum Gasteiger partial charge on any atom is 0.522 e. The molecule has 0 unspecified atom stereocenters. The fourth-order valence-corrected chi connectivity index (χ4v) is 4.03. The van der Waals surface area contributed by atoms with Gasteiger partial charge < -0.3 is 20.2 Å². The summed E-state index contributed by atoms with van der Waals surface area (Å²) in [6.07, 6.45) is -3.25. The third kappa shape index (κ3) is 4.28. The molecule has 2 aliphatic carbocycles. The van der Waals surface area contributed by atoms with Crippen molar-refractivity contribution in [2.75, 3.05) is 13.1 Å². The lowest BCUT2D eigenvalue weighted by atomic mass is 9.88. The minimum absolute atomic E-state index is 0.0746. The normalized spacial score (nSPS) is 33.3. The maximum absolute atomic E-state index is 12.6. The number of carbonyl (C=O) groups excluding carboxylic acids is 1. The highest BCUT2D eigenvalue weighted by molar-refractivity contribution is 5.77. The van der Waals surface area contributed by atoms with E-state index in [9.17, 15) is 22.8 Å². The molecule has 3 amide bonds.